The van der Waals surface area contributed by atoms with E-state index in [-0.39, 0.29) is 16.9 Å². The van der Waals surface area contributed by atoms with Gasteiger partial charge in [0, 0.05) is 11.1 Å². The minimum Gasteiger partial charge on any atom is -0.496 e. The maximum atomic E-state index is 12.7. The molecule has 0 bridgehead atoms. The summed E-state index contributed by atoms with van der Waals surface area (Å²) >= 11 is 0. The predicted molar refractivity (Wildman–Crippen MR) is 50.4 cm³/mol. The molecule has 0 aliphatic rings. The van der Waals surface area contributed by atoms with E-state index < -0.39 is 18.7 Å². The summed E-state index contributed by atoms with van der Waals surface area (Å²) in [6.45, 7) is -0.885. The molecule has 0 saturated carbocycles. The number of methoxy groups -OCH3 is 1. The summed E-state index contributed by atoms with van der Waals surface area (Å²) in [5, 5.41) is 17.9. The van der Waals surface area contributed by atoms with Gasteiger partial charge in [0.2, 0.25) is 0 Å². The number of hydrogen-bond acceptors (Lipinski definition) is 3. The SMILES string of the molecule is COc1cccc(C(O)C(=O)O)c1CF. The Bertz CT molecular complexity index is 364. The Hall–Kier alpha value is -1.62. The van der Waals surface area contributed by atoms with Crippen molar-refractivity contribution in [2.75, 3.05) is 7.11 Å². The van der Waals surface area contributed by atoms with Gasteiger partial charge in [0.25, 0.3) is 0 Å². The molecule has 0 amide bonds. The van der Waals surface area contributed by atoms with Crippen LogP contribution >= 0.6 is 0 Å². The van der Waals surface area contributed by atoms with Gasteiger partial charge in [-0.1, -0.05) is 12.1 Å². The van der Waals surface area contributed by atoms with Gasteiger partial charge in [-0.05, 0) is 6.07 Å². The molecule has 0 heterocycles. The number of aliphatic hydroxyl groups is 1. The monoisotopic (exact) mass is 214 g/mol. The largest absolute Gasteiger partial charge is 0.496 e. The van der Waals surface area contributed by atoms with Crippen LogP contribution in [0.25, 0.3) is 0 Å². The van der Waals surface area contributed by atoms with Crippen LogP contribution in [0.4, 0.5) is 4.39 Å². The lowest BCUT2D eigenvalue weighted by Gasteiger charge is -2.13. The van der Waals surface area contributed by atoms with E-state index in [4.69, 9.17) is 9.84 Å². The van der Waals surface area contributed by atoms with Gasteiger partial charge in [-0.2, -0.15) is 0 Å². The van der Waals surface area contributed by atoms with E-state index in [0.717, 1.165) is 0 Å². The van der Waals surface area contributed by atoms with Crippen LogP contribution in [0.3, 0.4) is 0 Å². The van der Waals surface area contributed by atoms with Crippen molar-refractivity contribution in [3.05, 3.63) is 29.3 Å². The van der Waals surface area contributed by atoms with Gasteiger partial charge in [-0.15, -0.1) is 0 Å². The number of carbonyl (C=O) groups is 1. The van der Waals surface area contributed by atoms with E-state index in [9.17, 15) is 14.3 Å². The summed E-state index contributed by atoms with van der Waals surface area (Å²) in [5.74, 6) is -1.19. The van der Waals surface area contributed by atoms with Crippen LogP contribution in [0, 0.1) is 0 Å². The standard InChI is InChI=1S/C10H11FO4/c1-15-8-4-2-3-6(7(8)5-11)9(12)10(13)14/h2-4,9,12H,5H2,1H3,(H,13,14). The lowest BCUT2D eigenvalue weighted by atomic mass is 10.0. The van der Waals surface area contributed by atoms with Crippen molar-refractivity contribution in [2.45, 2.75) is 12.8 Å². The second-order valence-electron chi connectivity index (χ2n) is 2.90. The minimum absolute atomic E-state index is 0.0179. The topological polar surface area (TPSA) is 66.8 Å². The molecule has 1 rings (SSSR count). The number of aliphatic hydroxyl groups excluding tert-OH is 1. The summed E-state index contributed by atoms with van der Waals surface area (Å²) in [6.07, 6.45) is -1.73. The first-order chi connectivity index (χ1) is 7.11. The van der Waals surface area contributed by atoms with E-state index in [1.54, 1.807) is 0 Å². The number of aliphatic carboxylic acids is 1. The molecule has 0 fully saturated rings. The van der Waals surface area contributed by atoms with Crippen molar-refractivity contribution in [1.82, 2.24) is 0 Å². The number of alkyl halides is 1. The van der Waals surface area contributed by atoms with Gasteiger partial charge < -0.3 is 14.9 Å². The molecule has 1 unspecified atom stereocenters. The highest BCUT2D eigenvalue weighted by Crippen LogP contribution is 2.27. The number of ether oxygens (including phenoxy) is 1. The molecule has 0 aliphatic heterocycles. The fraction of sp³-hybridized carbons (Fsp3) is 0.300. The fourth-order valence-corrected chi connectivity index (χ4v) is 1.31. The van der Waals surface area contributed by atoms with Gasteiger partial charge in [-0.25, -0.2) is 9.18 Å². The molecule has 0 aliphatic carbocycles. The van der Waals surface area contributed by atoms with Gasteiger partial charge >= 0.3 is 5.97 Å². The van der Waals surface area contributed by atoms with Crippen LogP contribution < -0.4 is 4.74 Å². The zero-order valence-corrected chi connectivity index (χ0v) is 8.11. The molecule has 1 atom stereocenters. The van der Waals surface area contributed by atoms with E-state index in [1.807, 2.05) is 0 Å². The minimum atomic E-state index is -1.73. The van der Waals surface area contributed by atoms with E-state index in [2.05, 4.69) is 0 Å². The lowest BCUT2D eigenvalue weighted by molar-refractivity contribution is -0.147. The smallest absolute Gasteiger partial charge is 0.337 e. The van der Waals surface area contributed by atoms with Crippen molar-refractivity contribution < 1.29 is 24.1 Å². The Balaban J connectivity index is 3.22. The Morgan fingerprint density at radius 3 is 2.73 bits per heavy atom. The summed E-state index contributed by atoms with van der Waals surface area (Å²) < 4.78 is 17.5. The maximum Gasteiger partial charge on any atom is 0.337 e. The Morgan fingerprint density at radius 1 is 1.60 bits per heavy atom. The van der Waals surface area contributed by atoms with Crippen LogP contribution in [0.5, 0.6) is 5.75 Å². The molecule has 4 nitrogen and oxygen atoms in total. The molecule has 1 aromatic rings. The quantitative estimate of drug-likeness (QED) is 0.792. The number of halogens is 1. The Morgan fingerprint density at radius 2 is 2.27 bits per heavy atom. The van der Waals surface area contributed by atoms with Gasteiger partial charge in [0.15, 0.2) is 6.10 Å². The van der Waals surface area contributed by atoms with Crippen LogP contribution in [0.15, 0.2) is 18.2 Å². The summed E-state index contributed by atoms with van der Waals surface area (Å²) in [5.41, 5.74) is 0.0826. The van der Waals surface area contributed by atoms with Crippen LogP contribution in [0.2, 0.25) is 0 Å². The lowest BCUT2D eigenvalue weighted by Crippen LogP contribution is -2.13. The van der Waals surface area contributed by atoms with Crippen molar-refractivity contribution >= 4 is 5.97 Å². The molecule has 1 aromatic carbocycles. The molecule has 5 heteroatoms. The molecule has 0 spiro atoms. The zero-order chi connectivity index (χ0) is 11.4. The highest BCUT2D eigenvalue weighted by Gasteiger charge is 2.21. The van der Waals surface area contributed by atoms with Crippen molar-refractivity contribution in [2.24, 2.45) is 0 Å². The van der Waals surface area contributed by atoms with E-state index >= 15 is 0 Å². The molecule has 82 valence electrons. The first-order valence-electron chi connectivity index (χ1n) is 4.24. The zero-order valence-electron chi connectivity index (χ0n) is 8.11. The number of rotatable bonds is 4. The van der Waals surface area contributed by atoms with Crippen LogP contribution in [0.1, 0.15) is 17.2 Å². The highest BCUT2D eigenvalue weighted by atomic mass is 19.1. The Kier molecular flexibility index (Phi) is 3.62. The van der Waals surface area contributed by atoms with E-state index in [0.29, 0.717) is 0 Å². The van der Waals surface area contributed by atoms with Crippen molar-refractivity contribution in [1.29, 1.82) is 0 Å². The predicted octanol–water partition coefficient (Wildman–Crippen LogP) is 1.28. The third-order valence-electron chi connectivity index (χ3n) is 2.05. The molecule has 2 N–H and O–H groups in total. The highest BCUT2D eigenvalue weighted by molar-refractivity contribution is 5.75. The average Bonchev–Trinajstić information content (AvgIpc) is 2.26. The summed E-state index contributed by atoms with van der Waals surface area (Å²) in [7, 11) is 1.35. The molecule has 0 aromatic heterocycles. The first-order valence-corrected chi connectivity index (χ1v) is 4.24. The second kappa shape index (κ2) is 4.75. The number of carboxylic acids is 1. The molecular formula is C10H11FO4. The number of benzene rings is 1. The number of hydrogen-bond donors (Lipinski definition) is 2. The molecule has 0 saturated heterocycles. The normalized spacial score (nSPS) is 12.2. The third kappa shape index (κ3) is 2.24. The summed E-state index contributed by atoms with van der Waals surface area (Å²) in [6, 6.07) is 4.36. The molecular weight excluding hydrogens is 203 g/mol. The van der Waals surface area contributed by atoms with Crippen molar-refractivity contribution in [3.8, 4) is 5.75 Å². The van der Waals surface area contributed by atoms with E-state index in [1.165, 1.54) is 25.3 Å². The average molecular weight is 214 g/mol. The number of carboxylic acid groups (broad SMARTS) is 1. The fourth-order valence-electron chi connectivity index (χ4n) is 1.31. The second-order valence-corrected chi connectivity index (χ2v) is 2.90. The van der Waals surface area contributed by atoms with Crippen molar-refractivity contribution in [3.63, 3.8) is 0 Å². The van der Waals surface area contributed by atoms with Gasteiger partial charge in [-0.3, -0.25) is 0 Å². The first kappa shape index (κ1) is 11.5. The Labute approximate surface area is 85.9 Å². The maximum absolute atomic E-state index is 12.7. The summed E-state index contributed by atoms with van der Waals surface area (Å²) in [4.78, 5) is 10.6. The van der Waals surface area contributed by atoms with Gasteiger partial charge in [0.05, 0.1) is 7.11 Å². The van der Waals surface area contributed by atoms with Crippen LogP contribution in [-0.2, 0) is 11.5 Å². The van der Waals surface area contributed by atoms with Crippen LogP contribution in [-0.4, -0.2) is 23.3 Å². The molecule has 15 heavy (non-hydrogen) atoms. The molecule has 0 radical (unpaired) electrons. The third-order valence-corrected chi connectivity index (χ3v) is 2.05. The van der Waals surface area contributed by atoms with Gasteiger partial charge in [0.1, 0.15) is 12.4 Å².